The highest BCUT2D eigenvalue weighted by atomic mass is 32.2. The lowest BCUT2D eigenvalue weighted by molar-refractivity contribution is -0.138. The van der Waals surface area contributed by atoms with Gasteiger partial charge >= 0.3 is 5.97 Å². The first-order chi connectivity index (χ1) is 17.5. The van der Waals surface area contributed by atoms with Gasteiger partial charge in [-0.25, -0.2) is 9.79 Å². The van der Waals surface area contributed by atoms with E-state index in [2.05, 4.69) is 40.0 Å². The van der Waals surface area contributed by atoms with Crippen LogP contribution in [-0.4, -0.2) is 27.3 Å². The number of esters is 1. The Morgan fingerprint density at radius 3 is 2.50 bits per heavy atom. The molecule has 36 heavy (non-hydrogen) atoms. The molecule has 0 saturated carbocycles. The molecule has 1 aliphatic heterocycles. The first kappa shape index (κ1) is 23.7. The number of aromatic nitrogens is 1. The Labute approximate surface area is 214 Å². The molecule has 2 heterocycles. The van der Waals surface area contributed by atoms with Crippen LogP contribution >= 0.6 is 11.8 Å². The van der Waals surface area contributed by atoms with Crippen LogP contribution in [0.25, 0.3) is 17.0 Å². The van der Waals surface area contributed by atoms with Crippen LogP contribution in [0, 0.1) is 6.92 Å². The number of benzene rings is 3. The van der Waals surface area contributed by atoms with Crippen molar-refractivity contribution in [2.75, 3.05) is 6.61 Å². The van der Waals surface area contributed by atoms with Crippen LogP contribution in [0.1, 0.15) is 23.6 Å². The molecule has 0 unspecified atom stereocenters. The van der Waals surface area contributed by atoms with Gasteiger partial charge in [0.15, 0.2) is 0 Å². The van der Waals surface area contributed by atoms with Crippen LogP contribution in [0.5, 0.6) is 0 Å². The van der Waals surface area contributed by atoms with Crippen molar-refractivity contribution in [2.24, 2.45) is 4.99 Å². The number of fused-ring (bicyclic) bond motifs is 1. The molecule has 180 valence electrons. The highest BCUT2D eigenvalue weighted by molar-refractivity contribution is 8.18. The lowest BCUT2D eigenvalue weighted by atomic mass is 10.1. The fourth-order valence-corrected chi connectivity index (χ4v) is 5.20. The molecule has 6 heteroatoms. The van der Waals surface area contributed by atoms with Gasteiger partial charge in [-0.1, -0.05) is 78.0 Å². The molecule has 0 spiro atoms. The third kappa shape index (κ3) is 4.86. The quantitative estimate of drug-likeness (QED) is 0.288. The summed E-state index contributed by atoms with van der Waals surface area (Å²) in [4.78, 5) is 18.0. The Morgan fingerprint density at radius 1 is 1.03 bits per heavy atom. The van der Waals surface area contributed by atoms with Gasteiger partial charge in [0.1, 0.15) is 16.4 Å². The van der Waals surface area contributed by atoms with Crippen molar-refractivity contribution in [3.05, 3.63) is 118 Å². The summed E-state index contributed by atoms with van der Waals surface area (Å²) in [7, 11) is 0. The largest absolute Gasteiger partial charge is 0.506 e. The van der Waals surface area contributed by atoms with Crippen molar-refractivity contribution in [2.45, 2.75) is 20.4 Å². The zero-order chi connectivity index (χ0) is 25.1. The number of aliphatic imine (C=N–C) groups is 1. The Bertz CT molecular complexity index is 1510. The fraction of sp³-hybridized carbons (Fsp3) is 0.133. The summed E-state index contributed by atoms with van der Waals surface area (Å²) in [5.74, 6) is -0.688. The highest BCUT2D eigenvalue weighted by Crippen LogP contribution is 2.41. The van der Waals surface area contributed by atoms with E-state index in [-0.39, 0.29) is 17.9 Å². The minimum atomic E-state index is -0.580. The van der Waals surface area contributed by atoms with E-state index in [1.54, 1.807) is 6.92 Å². The van der Waals surface area contributed by atoms with E-state index in [0.29, 0.717) is 15.6 Å². The van der Waals surface area contributed by atoms with Gasteiger partial charge in [-0.2, -0.15) is 0 Å². The fourth-order valence-electron chi connectivity index (χ4n) is 4.17. The molecule has 0 radical (unpaired) electrons. The predicted octanol–water partition coefficient (Wildman–Crippen LogP) is 7.19. The second-order valence-electron chi connectivity index (χ2n) is 8.52. The topological polar surface area (TPSA) is 63.8 Å². The number of aliphatic hydroxyl groups excluding tert-OH is 1. The van der Waals surface area contributed by atoms with Gasteiger partial charge in [0.2, 0.25) is 0 Å². The third-order valence-corrected chi connectivity index (χ3v) is 6.96. The molecule has 0 amide bonds. The van der Waals surface area contributed by atoms with E-state index in [9.17, 15) is 9.90 Å². The molecule has 1 N–H and O–H groups in total. The number of nitrogens with zero attached hydrogens (tertiary/aromatic N) is 2. The molecule has 5 nitrogen and oxygen atoms in total. The summed E-state index contributed by atoms with van der Waals surface area (Å²) in [6.45, 7) is 4.69. The van der Waals surface area contributed by atoms with Crippen LogP contribution in [0.2, 0.25) is 0 Å². The minimum Gasteiger partial charge on any atom is -0.506 e. The first-order valence-corrected chi connectivity index (χ1v) is 12.6. The van der Waals surface area contributed by atoms with E-state index < -0.39 is 5.97 Å². The molecule has 1 aliphatic rings. The summed E-state index contributed by atoms with van der Waals surface area (Å²) >= 11 is 1.27. The molecule has 0 saturated heterocycles. The van der Waals surface area contributed by atoms with E-state index in [0.717, 1.165) is 28.6 Å². The molecular formula is C30H26N2O3S. The number of aryl methyl sites for hydroxylation is 1. The second-order valence-corrected chi connectivity index (χ2v) is 9.55. The summed E-state index contributed by atoms with van der Waals surface area (Å²) in [6.07, 6.45) is 4.00. The van der Waals surface area contributed by atoms with Gasteiger partial charge in [0.05, 0.1) is 17.2 Å². The zero-order valence-corrected chi connectivity index (χ0v) is 21.0. The monoisotopic (exact) mass is 494 g/mol. The molecule has 1 aromatic heterocycles. The smallest absolute Gasteiger partial charge is 0.344 e. The van der Waals surface area contributed by atoms with Crippen LogP contribution in [0.15, 0.2) is 106 Å². The summed E-state index contributed by atoms with van der Waals surface area (Å²) in [5.41, 5.74) is 5.18. The van der Waals surface area contributed by atoms with Gasteiger partial charge in [-0.15, -0.1) is 0 Å². The molecule has 0 aliphatic carbocycles. The maximum absolute atomic E-state index is 12.8. The Balaban J connectivity index is 1.57. The average Bonchev–Trinajstić information content (AvgIpc) is 3.38. The summed E-state index contributed by atoms with van der Waals surface area (Å²) < 4.78 is 7.44. The maximum Gasteiger partial charge on any atom is 0.344 e. The van der Waals surface area contributed by atoms with Gasteiger partial charge < -0.3 is 14.4 Å². The van der Waals surface area contributed by atoms with Crippen LogP contribution in [0.3, 0.4) is 0 Å². The number of rotatable bonds is 6. The number of hydrogen-bond donors (Lipinski definition) is 1. The molecule has 0 fully saturated rings. The lowest BCUT2D eigenvalue weighted by Crippen LogP contribution is -2.12. The molecule has 3 aromatic carbocycles. The molecule has 5 rings (SSSR count). The number of thioether (sulfide) groups is 1. The molecular weight excluding hydrogens is 468 g/mol. The van der Waals surface area contributed by atoms with Crippen molar-refractivity contribution in [3.8, 4) is 0 Å². The SMILES string of the molecule is CCOC(=O)C1=C(O)C(=Cc2cn(Cc3ccccc3)c3ccccc23)SC1=Nc1ccc(C)cc1. The molecule has 0 atom stereocenters. The van der Waals surface area contributed by atoms with Gasteiger partial charge in [0.25, 0.3) is 0 Å². The number of para-hydroxylation sites is 1. The van der Waals surface area contributed by atoms with Crippen LogP contribution in [-0.2, 0) is 16.1 Å². The van der Waals surface area contributed by atoms with Gasteiger partial charge in [-0.3, -0.25) is 0 Å². The molecule has 0 bridgehead atoms. The van der Waals surface area contributed by atoms with Crippen molar-refractivity contribution in [1.82, 2.24) is 4.57 Å². The maximum atomic E-state index is 12.8. The Kier molecular flexibility index (Phi) is 6.78. The normalized spacial score (nSPS) is 15.8. The standard InChI is InChI=1S/C30H26N2O3S/c1-3-35-30(34)27-28(33)26(36-29(27)31-23-15-13-20(2)14-16-23)17-22-19-32(18-21-9-5-4-6-10-21)25-12-8-7-11-24(22)25/h4-17,19,33H,3,18H2,1-2H3. The van der Waals surface area contributed by atoms with Crippen molar-refractivity contribution < 1.29 is 14.6 Å². The lowest BCUT2D eigenvalue weighted by Gasteiger charge is -2.05. The highest BCUT2D eigenvalue weighted by Gasteiger charge is 2.33. The van der Waals surface area contributed by atoms with E-state index in [1.807, 2.05) is 67.6 Å². The van der Waals surface area contributed by atoms with Crippen LogP contribution in [0.4, 0.5) is 5.69 Å². The number of carbonyl (C=O) groups is 1. The number of carbonyl (C=O) groups excluding carboxylic acids is 1. The van der Waals surface area contributed by atoms with Gasteiger partial charge in [0, 0.05) is 29.2 Å². The van der Waals surface area contributed by atoms with Crippen molar-refractivity contribution in [1.29, 1.82) is 0 Å². The van der Waals surface area contributed by atoms with Gasteiger partial charge in [-0.05, 0) is 43.7 Å². The average molecular weight is 495 g/mol. The zero-order valence-electron chi connectivity index (χ0n) is 20.1. The minimum absolute atomic E-state index is 0.0988. The van der Waals surface area contributed by atoms with E-state index in [1.165, 1.54) is 17.3 Å². The summed E-state index contributed by atoms with van der Waals surface area (Å²) in [5, 5.41) is 12.6. The second kappa shape index (κ2) is 10.3. The number of aliphatic hydroxyl groups is 1. The Hall–Kier alpha value is -4.03. The third-order valence-electron chi connectivity index (χ3n) is 5.94. The number of hydrogen-bond acceptors (Lipinski definition) is 5. The summed E-state index contributed by atoms with van der Waals surface area (Å²) in [6, 6.07) is 26.2. The van der Waals surface area contributed by atoms with E-state index >= 15 is 0 Å². The van der Waals surface area contributed by atoms with Crippen molar-refractivity contribution >= 4 is 45.4 Å². The Morgan fingerprint density at radius 2 is 1.75 bits per heavy atom. The van der Waals surface area contributed by atoms with E-state index in [4.69, 9.17) is 4.74 Å². The first-order valence-electron chi connectivity index (χ1n) is 11.8. The number of ether oxygens (including phenoxy) is 1. The van der Waals surface area contributed by atoms with Crippen molar-refractivity contribution in [3.63, 3.8) is 0 Å². The van der Waals surface area contributed by atoms with Crippen LogP contribution < -0.4 is 0 Å². The molecule has 4 aromatic rings. The predicted molar refractivity (Wildman–Crippen MR) is 148 cm³/mol.